The van der Waals surface area contributed by atoms with Gasteiger partial charge in [-0.05, 0) is 12.1 Å². The molecule has 0 aliphatic carbocycles. The number of pyridine rings is 1. The normalized spacial score (nSPS) is 10.8. The van der Waals surface area contributed by atoms with Gasteiger partial charge in [0.25, 0.3) is 0 Å². The number of fused-ring (bicyclic) bond motifs is 1. The van der Waals surface area contributed by atoms with Crippen molar-refractivity contribution in [3.05, 3.63) is 36.3 Å². The molecule has 3 aromatic rings. The zero-order valence-electron chi connectivity index (χ0n) is 10.4. The molecule has 0 saturated heterocycles. The second-order valence-corrected chi connectivity index (χ2v) is 4.06. The molecule has 0 bridgehead atoms. The Morgan fingerprint density at radius 2 is 2.11 bits per heavy atom. The van der Waals surface area contributed by atoms with Crippen LogP contribution in [0.15, 0.2) is 30.7 Å². The number of aryl methyl sites for hydroxylation is 1. The molecule has 7 nitrogen and oxygen atoms in total. The predicted octanol–water partition coefficient (Wildman–Crippen LogP) is 0.916. The molecular formula is C12H11N5O2. The van der Waals surface area contributed by atoms with Crippen molar-refractivity contribution < 1.29 is 9.53 Å². The lowest BCUT2D eigenvalue weighted by molar-refractivity contribution is 0.0600. The molecule has 0 unspecified atom stereocenters. The Morgan fingerprint density at radius 1 is 1.26 bits per heavy atom. The highest BCUT2D eigenvalue weighted by molar-refractivity contribution is 5.89. The van der Waals surface area contributed by atoms with E-state index >= 15 is 0 Å². The van der Waals surface area contributed by atoms with Gasteiger partial charge in [0.05, 0.1) is 24.4 Å². The van der Waals surface area contributed by atoms with Crippen molar-refractivity contribution in [3.8, 4) is 11.4 Å². The van der Waals surface area contributed by atoms with E-state index in [9.17, 15) is 4.79 Å². The molecule has 3 rings (SSSR count). The summed E-state index contributed by atoms with van der Waals surface area (Å²) < 4.78 is 8.12. The minimum absolute atomic E-state index is 0.396. The number of carbonyl (C=O) groups is 1. The van der Waals surface area contributed by atoms with E-state index in [1.54, 1.807) is 33.6 Å². The molecule has 0 fully saturated rings. The second kappa shape index (κ2) is 4.20. The highest BCUT2D eigenvalue weighted by atomic mass is 16.5. The van der Waals surface area contributed by atoms with Gasteiger partial charge in [-0.2, -0.15) is 5.10 Å². The van der Waals surface area contributed by atoms with Gasteiger partial charge in [-0.25, -0.2) is 4.79 Å². The van der Waals surface area contributed by atoms with Gasteiger partial charge in [0.15, 0.2) is 11.5 Å². The lowest BCUT2D eigenvalue weighted by Gasteiger charge is -2.01. The van der Waals surface area contributed by atoms with Crippen molar-refractivity contribution in [2.45, 2.75) is 0 Å². The van der Waals surface area contributed by atoms with Crippen LogP contribution in [0, 0.1) is 0 Å². The Balaban J connectivity index is 2.18. The number of rotatable bonds is 2. The van der Waals surface area contributed by atoms with E-state index in [1.165, 1.54) is 7.11 Å². The van der Waals surface area contributed by atoms with Crippen molar-refractivity contribution in [2.75, 3.05) is 7.11 Å². The summed E-state index contributed by atoms with van der Waals surface area (Å²) in [5.74, 6) is 0.238. The number of esters is 1. The van der Waals surface area contributed by atoms with Gasteiger partial charge < -0.3 is 4.74 Å². The van der Waals surface area contributed by atoms with Crippen molar-refractivity contribution in [3.63, 3.8) is 0 Å². The van der Waals surface area contributed by atoms with Gasteiger partial charge in [0.1, 0.15) is 0 Å². The fourth-order valence-corrected chi connectivity index (χ4v) is 1.86. The summed E-state index contributed by atoms with van der Waals surface area (Å²) in [6.07, 6.45) is 5.19. The molecule has 0 aromatic carbocycles. The van der Waals surface area contributed by atoms with Crippen LogP contribution in [0.5, 0.6) is 0 Å². The number of nitrogens with zero attached hydrogens (tertiary/aromatic N) is 5. The van der Waals surface area contributed by atoms with Gasteiger partial charge in [0, 0.05) is 19.4 Å². The van der Waals surface area contributed by atoms with Gasteiger partial charge >= 0.3 is 5.97 Å². The zero-order chi connectivity index (χ0) is 13.4. The Hall–Kier alpha value is -2.70. The third-order valence-corrected chi connectivity index (χ3v) is 2.79. The van der Waals surface area contributed by atoms with E-state index < -0.39 is 5.97 Å². The topological polar surface area (TPSA) is 74.3 Å². The number of hydrogen-bond donors (Lipinski definition) is 0. The fraction of sp³-hybridized carbons (Fsp3) is 0.167. The number of methoxy groups -OCH3 is 1. The molecule has 0 aliphatic heterocycles. The third kappa shape index (κ3) is 1.85. The molecule has 0 amide bonds. The van der Waals surface area contributed by atoms with Crippen molar-refractivity contribution in [1.29, 1.82) is 0 Å². The van der Waals surface area contributed by atoms with Crippen molar-refractivity contribution >= 4 is 11.6 Å². The quantitative estimate of drug-likeness (QED) is 0.638. The Bertz CT molecular complexity index is 758. The summed E-state index contributed by atoms with van der Waals surface area (Å²) in [6, 6.07) is 3.38. The first-order valence-corrected chi connectivity index (χ1v) is 5.61. The molecule has 0 spiro atoms. The van der Waals surface area contributed by atoms with Crippen LogP contribution in [0.3, 0.4) is 0 Å². The molecule has 3 heterocycles. The van der Waals surface area contributed by atoms with Crippen molar-refractivity contribution in [2.24, 2.45) is 7.05 Å². The van der Waals surface area contributed by atoms with Crippen LogP contribution < -0.4 is 0 Å². The highest BCUT2D eigenvalue weighted by Gasteiger charge is 2.12. The van der Waals surface area contributed by atoms with E-state index in [1.807, 2.05) is 13.2 Å². The summed E-state index contributed by atoms with van der Waals surface area (Å²) in [6.45, 7) is 0. The number of hydrogen-bond acceptors (Lipinski definition) is 5. The molecule has 0 atom stereocenters. The molecule has 7 heteroatoms. The minimum atomic E-state index is -0.396. The third-order valence-electron chi connectivity index (χ3n) is 2.79. The van der Waals surface area contributed by atoms with Crippen LogP contribution in [0.2, 0.25) is 0 Å². The Morgan fingerprint density at radius 3 is 2.79 bits per heavy atom. The van der Waals surface area contributed by atoms with E-state index in [0.29, 0.717) is 17.0 Å². The lowest BCUT2D eigenvalue weighted by atomic mass is 10.2. The maximum absolute atomic E-state index is 11.5. The summed E-state index contributed by atoms with van der Waals surface area (Å²) in [5, 5.41) is 12.3. The molecule has 0 aliphatic rings. The van der Waals surface area contributed by atoms with E-state index in [0.717, 1.165) is 5.56 Å². The van der Waals surface area contributed by atoms with Gasteiger partial charge in [-0.1, -0.05) is 0 Å². The number of ether oxygens (including phenoxy) is 1. The first kappa shape index (κ1) is 11.4. The maximum atomic E-state index is 11.5. The Kier molecular flexibility index (Phi) is 2.52. The van der Waals surface area contributed by atoms with Crippen LogP contribution in [0.1, 0.15) is 10.4 Å². The van der Waals surface area contributed by atoms with Crippen molar-refractivity contribution in [1.82, 2.24) is 24.4 Å². The number of carbonyl (C=O) groups excluding carboxylic acids is 1. The first-order chi connectivity index (χ1) is 9.19. The number of aromatic nitrogens is 5. The average Bonchev–Trinajstić information content (AvgIpc) is 3.02. The average molecular weight is 257 g/mol. The Labute approximate surface area is 108 Å². The molecular weight excluding hydrogens is 246 g/mol. The standard InChI is InChI=1S/C12H11N5O2/c1-16-6-9(5-13-16)11-15-14-10-4-3-8(7-17(10)11)12(18)19-2/h3-7H,1-2H3. The van der Waals surface area contributed by atoms with Crippen LogP contribution in [-0.2, 0) is 11.8 Å². The van der Waals surface area contributed by atoms with E-state index in [4.69, 9.17) is 4.74 Å². The van der Waals surface area contributed by atoms with E-state index in [-0.39, 0.29) is 0 Å². The van der Waals surface area contributed by atoms with E-state index in [2.05, 4.69) is 15.3 Å². The van der Waals surface area contributed by atoms with Gasteiger partial charge in [-0.15, -0.1) is 10.2 Å². The SMILES string of the molecule is COC(=O)c1ccc2nnc(-c3cnn(C)c3)n2c1. The highest BCUT2D eigenvalue weighted by Crippen LogP contribution is 2.18. The zero-order valence-corrected chi connectivity index (χ0v) is 10.4. The molecule has 0 N–H and O–H groups in total. The van der Waals surface area contributed by atoms with Crippen LogP contribution in [0.25, 0.3) is 17.0 Å². The monoisotopic (exact) mass is 257 g/mol. The molecule has 0 radical (unpaired) electrons. The summed E-state index contributed by atoms with van der Waals surface area (Å²) in [5.41, 5.74) is 1.93. The van der Waals surface area contributed by atoms with Crippen LogP contribution >= 0.6 is 0 Å². The molecule has 0 saturated carbocycles. The van der Waals surface area contributed by atoms with Gasteiger partial charge in [0.2, 0.25) is 0 Å². The first-order valence-electron chi connectivity index (χ1n) is 5.61. The minimum Gasteiger partial charge on any atom is -0.465 e. The maximum Gasteiger partial charge on any atom is 0.339 e. The fourth-order valence-electron chi connectivity index (χ4n) is 1.86. The second-order valence-electron chi connectivity index (χ2n) is 4.06. The molecule has 96 valence electrons. The largest absolute Gasteiger partial charge is 0.465 e. The molecule has 19 heavy (non-hydrogen) atoms. The summed E-state index contributed by atoms with van der Waals surface area (Å²) >= 11 is 0. The lowest BCUT2D eigenvalue weighted by Crippen LogP contribution is -2.03. The van der Waals surface area contributed by atoms with Gasteiger partial charge in [-0.3, -0.25) is 9.08 Å². The van der Waals surface area contributed by atoms with Crippen LogP contribution in [-0.4, -0.2) is 37.5 Å². The molecule has 3 aromatic heterocycles. The summed E-state index contributed by atoms with van der Waals surface area (Å²) in [7, 11) is 3.17. The smallest absolute Gasteiger partial charge is 0.339 e. The predicted molar refractivity (Wildman–Crippen MR) is 66.5 cm³/mol. The van der Waals surface area contributed by atoms with Crippen LogP contribution in [0.4, 0.5) is 0 Å². The summed E-state index contributed by atoms with van der Waals surface area (Å²) in [4.78, 5) is 11.5.